The maximum atomic E-state index is 10.2. The summed E-state index contributed by atoms with van der Waals surface area (Å²) in [5, 5.41) is 10.9. The monoisotopic (exact) mass is 320 g/mol. The molecule has 0 saturated carbocycles. The van der Waals surface area contributed by atoms with Gasteiger partial charge in [-0.15, -0.1) is 6.58 Å². The summed E-state index contributed by atoms with van der Waals surface area (Å²) in [6.07, 6.45) is 13.3. The van der Waals surface area contributed by atoms with E-state index in [-0.39, 0.29) is 0 Å². The zero-order chi connectivity index (χ0) is 16.2. The lowest BCUT2D eigenvalue weighted by molar-refractivity contribution is 0.227. The molecule has 0 bridgehead atoms. The lowest BCUT2D eigenvalue weighted by Crippen LogP contribution is -1.94. The highest BCUT2D eigenvalue weighted by Gasteiger charge is 2.04. The van der Waals surface area contributed by atoms with E-state index in [1.165, 1.54) is 44.1 Å². The molecule has 1 aromatic rings. The Hall–Kier alpha value is -1.05. The predicted molar refractivity (Wildman–Crippen MR) is 97.3 cm³/mol. The second-order valence-corrected chi connectivity index (χ2v) is 6.39. The van der Waals surface area contributed by atoms with Gasteiger partial charge >= 0.3 is 0 Å². The summed E-state index contributed by atoms with van der Waals surface area (Å²) in [4.78, 5) is 0. The van der Waals surface area contributed by atoms with E-state index >= 15 is 0 Å². The molecule has 0 radical (unpaired) electrons. The van der Waals surface area contributed by atoms with Crippen LogP contribution in [0.5, 0.6) is 0 Å². The van der Waals surface area contributed by atoms with E-state index in [0.29, 0.717) is 5.02 Å². The lowest BCUT2D eigenvalue weighted by Gasteiger charge is -2.09. The maximum absolute atomic E-state index is 10.2. The van der Waals surface area contributed by atoms with Crippen LogP contribution in [0.25, 0.3) is 0 Å². The second kappa shape index (κ2) is 11.5. The Morgan fingerprint density at radius 1 is 1.09 bits per heavy atom. The summed E-state index contributed by atoms with van der Waals surface area (Å²) in [6, 6.07) is 7.38. The first-order chi connectivity index (χ1) is 10.6. The van der Waals surface area contributed by atoms with Gasteiger partial charge in [0.1, 0.15) is 0 Å². The molecular weight excluding hydrogens is 292 g/mol. The molecule has 0 aromatic heterocycles. The highest BCUT2D eigenvalue weighted by atomic mass is 35.5. The zero-order valence-corrected chi connectivity index (χ0v) is 14.5. The minimum Gasteiger partial charge on any atom is -0.384 e. The van der Waals surface area contributed by atoms with Gasteiger partial charge in [-0.25, -0.2) is 0 Å². The first-order valence-electron chi connectivity index (χ1n) is 8.35. The largest absolute Gasteiger partial charge is 0.384 e. The third kappa shape index (κ3) is 8.41. The molecule has 0 aliphatic heterocycles. The van der Waals surface area contributed by atoms with Crippen molar-refractivity contribution in [1.82, 2.24) is 0 Å². The first kappa shape index (κ1) is 19.0. The summed E-state index contributed by atoms with van der Waals surface area (Å²) in [5.74, 6) is 0. The first-order valence-corrected chi connectivity index (χ1v) is 8.73. The number of aliphatic hydroxyl groups is 1. The molecule has 122 valence electrons. The molecule has 1 atom stereocenters. The Bertz CT molecular complexity index is 447. The van der Waals surface area contributed by atoms with Crippen molar-refractivity contribution in [2.24, 2.45) is 0 Å². The van der Waals surface area contributed by atoms with Gasteiger partial charge < -0.3 is 5.11 Å². The predicted octanol–water partition coefficient (Wildman–Crippen LogP) is 6.63. The van der Waals surface area contributed by atoms with Crippen molar-refractivity contribution >= 4 is 11.6 Å². The number of halogens is 1. The molecule has 0 heterocycles. The third-order valence-corrected chi connectivity index (χ3v) is 4.14. The molecule has 0 spiro atoms. The minimum atomic E-state index is -0.531. The molecule has 0 aliphatic carbocycles. The third-order valence-electron chi connectivity index (χ3n) is 3.88. The molecule has 0 fully saturated rings. The van der Waals surface area contributed by atoms with Crippen molar-refractivity contribution in [3.05, 3.63) is 59.2 Å². The van der Waals surface area contributed by atoms with Crippen molar-refractivity contribution in [3.8, 4) is 0 Å². The molecule has 1 aromatic carbocycles. The van der Waals surface area contributed by atoms with Gasteiger partial charge in [-0.1, -0.05) is 67.1 Å². The Morgan fingerprint density at radius 3 is 2.32 bits per heavy atom. The normalized spacial score (nSPS) is 13.1. The van der Waals surface area contributed by atoms with E-state index in [2.05, 4.69) is 13.5 Å². The van der Waals surface area contributed by atoms with Crippen molar-refractivity contribution < 1.29 is 5.11 Å². The molecule has 1 rings (SSSR count). The van der Waals surface area contributed by atoms with Gasteiger partial charge in [-0.2, -0.15) is 0 Å². The van der Waals surface area contributed by atoms with Crippen LogP contribution in [0.4, 0.5) is 0 Å². The van der Waals surface area contributed by atoms with Crippen LogP contribution < -0.4 is 0 Å². The number of aliphatic hydroxyl groups excluding tert-OH is 1. The standard InChI is InChI=1S/C20H29ClO/c1-3-4-5-6-7-8-9-10-11-17(2)16-20(22)18-12-14-19(21)15-13-18/h3,12-16,20,22H,1,4-11H2,2H3/b17-16+. The van der Waals surface area contributed by atoms with E-state index in [9.17, 15) is 5.11 Å². The van der Waals surface area contributed by atoms with Crippen LogP contribution in [0.15, 0.2) is 48.6 Å². The summed E-state index contributed by atoms with van der Waals surface area (Å²) in [7, 11) is 0. The summed E-state index contributed by atoms with van der Waals surface area (Å²) in [6.45, 7) is 5.84. The Balaban J connectivity index is 2.19. The fourth-order valence-electron chi connectivity index (χ4n) is 2.51. The van der Waals surface area contributed by atoms with Gasteiger partial charge in [-0.05, 0) is 50.3 Å². The number of hydrogen-bond donors (Lipinski definition) is 1. The van der Waals surface area contributed by atoms with Gasteiger partial charge in [-0.3, -0.25) is 0 Å². The van der Waals surface area contributed by atoms with Crippen molar-refractivity contribution in [2.75, 3.05) is 0 Å². The number of benzene rings is 1. The Labute approximate surface area is 140 Å². The van der Waals surface area contributed by atoms with Crippen LogP contribution in [-0.4, -0.2) is 5.11 Å². The zero-order valence-electron chi connectivity index (χ0n) is 13.7. The van der Waals surface area contributed by atoms with Gasteiger partial charge in [0.15, 0.2) is 0 Å². The van der Waals surface area contributed by atoms with Crippen LogP contribution in [0, 0.1) is 0 Å². The molecule has 0 aliphatic rings. The van der Waals surface area contributed by atoms with Gasteiger partial charge in [0.05, 0.1) is 6.10 Å². The fourth-order valence-corrected chi connectivity index (χ4v) is 2.63. The average molecular weight is 321 g/mol. The van der Waals surface area contributed by atoms with Gasteiger partial charge in [0.2, 0.25) is 0 Å². The Kier molecular flexibility index (Phi) is 9.94. The highest BCUT2D eigenvalue weighted by Crippen LogP contribution is 2.20. The van der Waals surface area contributed by atoms with E-state index in [1.807, 2.05) is 36.4 Å². The van der Waals surface area contributed by atoms with E-state index < -0.39 is 6.10 Å². The lowest BCUT2D eigenvalue weighted by atomic mass is 10.0. The highest BCUT2D eigenvalue weighted by molar-refractivity contribution is 6.30. The van der Waals surface area contributed by atoms with Crippen LogP contribution >= 0.6 is 11.6 Å². The second-order valence-electron chi connectivity index (χ2n) is 5.96. The van der Waals surface area contributed by atoms with Crippen molar-refractivity contribution in [1.29, 1.82) is 0 Å². The molecule has 2 heteroatoms. The van der Waals surface area contributed by atoms with Crippen molar-refractivity contribution in [3.63, 3.8) is 0 Å². The Morgan fingerprint density at radius 2 is 1.68 bits per heavy atom. The SMILES string of the molecule is C=CCCCCCCCC/C(C)=C/C(O)c1ccc(Cl)cc1. The van der Waals surface area contributed by atoms with Crippen LogP contribution in [0.1, 0.15) is 70.0 Å². The number of allylic oxidation sites excluding steroid dienone is 2. The molecule has 22 heavy (non-hydrogen) atoms. The van der Waals surface area contributed by atoms with Crippen molar-refractivity contribution in [2.45, 2.75) is 64.4 Å². The van der Waals surface area contributed by atoms with E-state index in [1.54, 1.807) is 0 Å². The summed E-state index contributed by atoms with van der Waals surface area (Å²) < 4.78 is 0. The van der Waals surface area contributed by atoms with Gasteiger partial charge in [0.25, 0.3) is 0 Å². The topological polar surface area (TPSA) is 20.2 Å². The van der Waals surface area contributed by atoms with Crippen LogP contribution in [-0.2, 0) is 0 Å². The quantitative estimate of drug-likeness (QED) is 0.358. The number of unbranched alkanes of at least 4 members (excludes halogenated alkanes) is 6. The molecular formula is C20H29ClO. The minimum absolute atomic E-state index is 0.531. The summed E-state index contributed by atoms with van der Waals surface area (Å²) >= 11 is 5.86. The van der Waals surface area contributed by atoms with Crippen LogP contribution in [0.3, 0.4) is 0 Å². The molecule has 1 unspecified atom stereocenters. The van der Waals surface area contributed by atoms with Crippen LogP contribution in [0.2, 0.25) is 5.02 Å². The molecule has 1 N–H and O–H groups in total. The van der Waals surface area contributed by atoms with E-state index in [0.717, 1.165) is 18.4 Å². The molecule has 1 nitrogen and oxygen atoms in total. The summed E-state index contributed by atoms with van der Waals surface area (Å²) in [5.41, 5.74) is 2.15. The van der Waals surface area contributed by atoms with Gasteiger partial charge in [0, 0.05) is 5.02 Å². The van der Waals surface area contributed by atoms with E-state index in [4.69, 9.17) is 11.6 Å². The molecule has 0 saturated heterocycles. The smallest absolute Gasteiger partial charge is 0.0974 e. The average Bonchev–Trinajstić information content (AvgIpc) is 2.50. The maximum Gasteiger partial charge on any atom is 0.0974 e. The number of hydrogen-bond acceptors (Lipinski definition) is 1. The molecule has 0 amide bonds. The fraction of sp³-hybridized carbons (Fsp3) is 0.500. The number of rotatable bonds is 11.